The van der Waals surface area contributed by atoms with Crippen molar-refractivity contribution < 1.29 is 0 Å². The van der Waals surface area contributed by atoms with Crippen molar-refractivity contribution in [2.45, 2.75) is 0 Å². The minimum absolute atomic E-state index is 1.10. The van der Waals surface area contributed by atoms with E-state index >= 15 is 0 Å². The maximum atomic E-state index is 2.37. The number of anilines is 3. The van der Waals surface area contributed by atoms with Crippen LogP contribution < -0.4 is 4.90 Å². The van der Waals surface area contributed by atoms with Crippen LogP contribution in [0.25, 0.3) is 66.4 Å². The van der Waals surface area contributed by atoms with Crippen LogP contribution in [0.4, 0.5) is 17.1 Å². The van der Waals surface area contributed by atoms with Crippen LogP contribution in [0.3, 0.4) is 0 Å². The van der Waals surface area contributed by atoms with Crippen molar-refractivity contribution in [2.75, 3.05) is 4.90 Å². The lowest BCUT2D eigenvalue weighted by Crippen LogP contribution is -2.10. The maximum Gasteiger partial charge on any atom is 0.0467 e. The highest BCUT2D eigenvalue weighted by atomic mass is 15.1. The van der Waals surface area contributed by atoms with Crippen LogP contribution >= 0.6 is 0 Å². The van der Waals surface area contributed by atoms with Gasteiger partial charge in [0, 0.05) is 17.1 Å². The quantitative estimate of drug-likeness (QED) is 0.155. The van der Waals surface area contributed by atoms with Crippen molar-refractivity contribution >= 4 is 27.8 Å². The highest BCUT2D eigenvalue weighted by Crippen LogP contribution is 2.40. The van der Waals surface area contributed by atoms with Gasteiger partial charge in [-0.15, -0.1) is 0 Å². The molecule has 9 aromatic carbocycles. The molecule has 0 saturated carbocycles. The Morgan fingerprint density at radius 3 is 1.08 bits per heavy atom. The minimum atomic E-state index is 1.10. The van der Waals surface area contributed by atoms with Crippen LogP contribution in [0.15, 0.2) is 224 Å². The van der Waals surface area contributed by atoms with Gasteiger partial charge in [-0.25, -0.2) is 0 Å². The van der Waals surface area contributed by atoms with Crippen LogP contribution in [-0.4, -0.2) is 0 Å². The summed E-state index contributed by atoms with van der Waals surface area (Å²) in [4.78, 5) is 2.37. The monoisotopic (exact) mass is 675 g/mol. The number of hydrogen-bond donors (Lipinski definition) is 0. The van der Waals surface area contributed by atoms with Crippen molar-refractivity contribution in [1.82, 2.24) is 0 Å². The second-order valence-electron chi connectivity index (χ2n) is 13.4. The molecule has 1 nitrogen and oxygen atoms in total. The largest absolute Gasteiger partial charge is 0.310 e. The maximum absolute atomic E-state index is 2.37. The molecular weight excluding hydrogens is 639 g/mol. The molecule has 53 heavy (non-hydrogen) atoms. The van der Waals surface area contributed by atoms with Gasteiger partial charge in [0.15, 0.2) is 0 Å². The summed E-state index contributed by atoms with van der Waals surface area (Å²) in [5.74, 6) is 0. The molecule has 0 fully saturated rings. The van der Waals surface area contributed by atoms with E-state index in [2.05, 4.69) is 229 Å². The fourth-order valence-corrected chi connectivity index (χ4v) is 7.29. The third-order valence-corrected chi connectivity index (χ3v) is 10.0. The van der Waals surface area contributed by atoms with Gasteiger partial charge in [-0.1, -0.05) is 170 Å². The Morgan fingerprint density at radius 1 is 0.189 bits per heavy atom. The summed E-state index contributed by atoms with van der Waals surface area (Å²) in [6.07, 6.45) is 0. The second-order valence-corrected chi connectivity index (χ2v) is 13.4. The van der Waals surface area contributed by atoms with E-state index in [1.54, 1.807) is 0 Å². The van der Waals surface area contributed by atoms with Gasteiger partial charge in [0.1, 0.15) is 0 Å². The Hall–Kier alpha value is -6.96. The molecule has 1 heteroatoms. The molecular formula is C52H37N. The molecule has 0 aliphatic rings. The third-order valence-electron chi connectivity index (χ3n) is 10.0. The molecule has 0 aromatic heterocycles. The second kappa shape index (κ2) is 14.3. The summed E-state index contributed by atoms with van der Waals surface area (Å²) < 4.78 is 0. The van der Waals surface area contributed by atoms with Gasteiger partial charge in [-0.05, 0) is 121 Å². The van der Waals surface area contributed by atoms with E-state index in [0.29, 0.717) is 0 Å². The zero-order valence-electron chi connectivity index (χ0n) is 29.3. The zero-order valence-corrected chi connectivity index (χ0v) is 29.3. The first kappa shape index (κ1) is 32.0. The predicted molar refractivity (Wildman–Crippen MR) is 226 cm³/mol. The molecule has 0 spiro atoms. The molecule has 0 N–H and O–H groups in total. The molecule has 0 heterocycles. The molecule has 0 aliphatic heterocycles. The van der Waals surface area contributed by atoms with Crippen LogP contribution in [0.2, 0.25) is 0 Å². The molecule has 0 bridgehead atoms. The highest BCUT2D eigenvalue weighted by Gasteiger charge is 2.16. The lowest BCUT2D eigenvalue weighted by Gasteiger charge is -2.27. The smallest absolute Gasteiger partial charge is 0.0467 e. The van der Waals surface area contributed by atoms with E-state index in [1.165, 1.54) is 66.4 Å². The summed E-state index contributed by atoms with van der Waals surface area (Å²) in [6, 6.07) is 80.9. The van der Waals surface area contributed by atoms with Crippen molar-refractivity contribution in [3.05, 3.63) is 224 Å². The van der Waals surface area contributed by atoms with Crippen molar-refractivity contribution in [3.8, 4) is 55.6 Å². The van der Waals surface area contributed by atoms with E-state index in [4.69, 9.17) is 0 Å². The Kier molecular flexibility index (Phi) is 8.66. The number of hydrogen-bond acceptors (Lipinski definition) is 1. The van der Waals surface area contributed by atoms with Crippen LogP contribution in [0, 0.1) is 0 Å². The van der Waals surface area contributed by atoms with E-state index < -0.39 is 0 Å². The van der Waals surface area contributed by atoms with Gasteiger partial charge in [0.2, 0.25) is 0 Å². The SMILES string of the molecule is c1ccc(-c2cccc(-c3ccc(N(c4cccc(-c5cccc(-c6ccccc6)c5)c4)c4cccc(-c5ccc6ccccc6c5)c4)cc3)c2)cc1. The van der Waals surface area contributed by atoms with Gasteiger partial charge in [-0.2, -0.15) is 0 Å². The Morgan fingerprint density at radius 2 is 0.547 bits per heavy atom. The van der Waals surface area contributed by atoms with Gasteiger partial charge >= 0.3 is 0 Å². The fraction of sp³-hybridized carbons (Fsp3) is 0. The molecule has 9 aromatic rings. The van der Waals surface area contributed by atoms with Crippen LogP contribution in [-0.2, 0) is 0 Å². The summed E-state index contributed by atoms with van der Waals surface area (Å²) in [7, 11) is 0. The van der Waals surface area contributed by atoms with Gasteiger partial charge in [-0.3, -0.25) is 0 Å². The highest BCUT2D eigenvalue weighted by molar-refractivity contribution is 5.89. The summed E-state index contributed by atoms with van der Waals surface area (Å²) in [5, 5.41) is 2.49. The van der Waals surface area contributed by atoms with E-state index in [-0.39, 0.29) is 0 Å². The average molecular weight is 676 g/mol. The number of nitrogens with zero attached hydrogens (tertiary/aromatic N) is 1. The molecule has 9 rings (SSSR count). The van der Waals surface area contributed by atoms with E-state index in [0.717, 1.165) is 17.1 Å². The predicted octanol–water partition coefficient (Wildman–Crippen LogP) is 14.6. The Labute approximate surface area is 311 Å². The summed E-state index contributed by atoms with van der Waals surface area (Å²) in [5.41, 5.74) is 15.3. The first-order valence-corrected chi connectivity index (χ1v) is 18.2. The lowest BCUT2D eigenvalue weighted by molar-refractivity contribution is 1.28. The normalized spacial score (nSPS) is 11.0. The number of rotatable bonds is 8. The molecule has 0 atom stereocenters. The molecule has 0 radical (unpaired) electrons. The van der Waals surface area contributed by atoms with Crippen molar-refractivity contribution in [3.63, 3.8) is 0 Å². The number of fused-ring (bicyclic) bond motifs is 1. The molecule has 0 aliphatic carbocycles. The van der Waals surface area contributed by atoms with Crippen molar-refractivity contribution in [1.29, 1.82) is 0 Å². The summed E-state index contributed by atoms with van der Waals surface area (Å²) >= 11 is 0. The standard InChI is InChI=1S/C52H37N/c1-3-13-38(14-4-1)43-19-9-21-45(33-43)41-29-31-50(32-30-41)53(52-26-12-24-48(37-52)49-28-27-40-17-7-8-18-42(40)35-49)51-25-11-23-47(36-51)46-22-10-20-44(34-46)39-15-5-2-6-16-39/h1-37H. The first-order chi connectivity index (χ1) is 26.2. The molecule has 0 amide bonds. The first-order valence-electron chi connectivity index (χ1n) is 18.2. The Bertz CT molecular complexity index is 2660. The van der Waals surface area contributed by atoms with Crippen molar-refractivity contribution in [2.24, 2.45) is 0 Å². The molecule has 0 unspecified atom stereocenters. The zero-order chi connectivity index (χ0) is 35.4. The molecule has 0 saturated heterocycles. The minimum Gasteiger partial charge on any atom is -0.310 e. The Balaban J connectivity index is 1.13. The van der Waals surface area contributed by atoms with Gasteiger partial charge in [0.05, 0.1) is 0 Å². The van der Waals surface area contributed by atoms with Crippen LogP contribution in [0.5, 0.6) is 0 Å². The fourth-order valence-electron chi connectivity index (χ4n) is 7.29. The summed E-state index contributed by atoms with van der Waals surface area (Å²) in [6.45, 7) is 0. The van der Waals surface area contributed by atoms with Gasteiger partial charge < -0.3 is 4.90 Å². The average Bonchev–Trinajstić information content (AvgIpc) is 3.25. The van der Waals surface area contributed by atoms with Crippen LogP contribution in [0.1, 0.15) is 0 Å². The molecule has 250 valence electrons. The van der Waals surface area contributed by atoms with E-state index in [1.807, 2.05) is 0 Å². The topological polar surface area (TPSA) is 3.24 Å². The van der Waals surface area contributed by atoms with E-state index in [9.17, 15) is 0 Å². The lowest BCUT2D eigenvalue weighted by atomic mass is 9.97. The number of benzene rings is 9. The van der Waals surface area contributed by atoms with Gasteiger partial charge in [0.25, 0.3) is 0 Å². The third kappa shape index (κ3) is 6.77.